The van der Waals surface area contributed by atoms with E-state index < -0.39 is 24.3 Å². The van der Waals surface area contributed by atoms with Gasteiger partial charge in [0.15, 0.2) is 5.76 Å². The molecule has 0 aromatic carbocycles. The van der Waals surface area contributed by atoms with Crippen LogP contribution < -0.4 is 0 Å². The topological polar surface area (TPSA) is 124 Å². The molecular weight excluding hydrogens is 532 g/mol. The van der Waals surface area contributed by atoms with Crippen molar-refractivity contribution in [1.82, 2.24) is 14.7 Å². The number of halogens is 6. The number of carboxylic acid groups (broad SMARTS) is 2. The van der Waals surface area contributed by atoms with Gasteiger partial charge >= 0.3 is 24.3 Å². The Hall–Kier alpha value is -2.85. The van der Waals surface area contributed by atoms with Gasteiger partial charge in [-0.05, 0) is 39.1 Å². The van der Waals surface area contributed by atoms with Crippen molar-refractivity contribution in [2.24, 2.45) is 5.41 Å². The van der Waals surface area contributed by atoms with Crippen LogP contribution in [0.5, 0.6) is 0 Å². The van der Waals surface area contributed by atoms with E-state index in [1.807, 2.05) is 4.90 Å². The smallest absolute Gasteiger partial charge is 0.475 e. The van der Waals surface area contributed by atoms with Crippen LogP contribution in [-0.4, -0.2) is 122 Å². The molecule has 1 aromatic rings. The van der Waals surface area contributed by atoms with E-state index in [1.54, 1.807) is 18.4 Å². The van der Waals surface area contributed by atoms with Crippen LogP contribution in [0.2, 0.25) is 0 Å². The molecule has 0 aliphatic carbocycles. The molecule has 218 valence electrons. The van der Waals surface area contributed by atoms with Gasteiger partial charge in [0.1, 0.15) is 0 Å². The maximum Gasteiger partial charge on any atom is 0.490 e. The first-order valence-electron chi connectivity index (χ1n) is 11.3. The molecule has 0 saturated carbocycles. The largest absolute Gasteiger partial charge is 0.490 e. The van der Waals surface area contributed by atoms with E-state index in [4.69, 9.17) is 29.0 Å². The number of alkyl halides is 6. The molecular formula is C22H31F6N3O7. The zero-order valence-electron chi connectivity index (χ0n) is 20.8. The summed E-state index contributed by atoms with van der Waals surface area (Å²) in [5.41, 5.74) is 0.0450. The summed E-state index contributed by atoms with van der Waals surface area (Å²) in [6, 6.07) is 3.52. The molecule has 2 fully saturated rings. The van der Waals surface area contributed by atoms with E-state index in [1.165, 1.54) is 0 Å². The predicted molar refractivity (Wildman–Crippen MR) is 119 cm³/mol. The zero-order valence-corrected chi connectivity index (χ0v) is 20.8. The van der Waals surface area contributed by atoms with Crippen molar-refractivity contribution in [3.8, 4) is 0 Å². The first kappa shape index (κ1) is 33.2. The van der Waals surface area contributed by atoms with Gasteiger partial charge in [-0.15, -0.1) is 0 Å². The standard InChI is InChI=1S/C18H29N3O3.2C2HF3O2/c1-19(2)8-9-20-10-12-23-15-18(13-20)6-4-7-21(14-18)17(22)16-5-3-11-24-16;2*3-2(4,5)1(6)7/h3,5,11H,4,6-10,12-15H2,1-2H3;2*(H,6,7). The Labute approximate surface area is 214 Å². The van der Waals surface area contributed by atoms with Crippen molar-refractivity contribution in [3.63, 3.8) is 0 Å². The van der Waals surface area contributed by atoms with Crippen LogP contribution in [0.15, 0.2) is 22.8 Å². The maximum absolute atomic E-state index is 12.6. The molecule has 2 aliphatic rings. The minimum atomic E-state index is -5.08. The van der Waals surface area contributed by atoms with Crippen LogP contribution in [0.4, 0.5) is 26.3 Å². The lowest BCUT2D eigenvalue weighted by molar-refractivity contribution is -0.193. The summed E-state index contributed by atoms with van der Waals surface area (Å²) in [6.45, 7) is 7.15. The quantitative estimate of drug-likeness (QED) is 0.533. The van der Waals surface area contributed by atoms with Crippen LogP contribution in [0.25, 0.3) is 0 Å². The van der Waals surface area contributed by atoms with Gasteiger partial charge in [-0.1, -0.05) is 0 Å². The highest BCUT2D eigenvalue weighted by Gasteiger charge is 2.41. The molecule has 3 heterocycles. The minimum Gasteiger partial charge on any atom is -0.475 e. The lowest BCUT2D eigenvalue weighted by atomic mass is 9.80. The van der Waals surface area contributed by atoms with Gasteiger partial charge < -0.3 is 29.2 Å². The number of carbonyl (C=O) groups is 3. The highest BCUT2D eigenvalue weighted by atomic mass is 19.4. The van der Waals surface area contributed by atoms with Crippen molar-refractivity contribution < 1.29 is 60.1 Å². The average Bonchev–Trinajstić information content (AvgIpc) is 3.27. The maximum atomic E-state index is 12.6. The van der Waals surface area contributed by atoms with Crippen molar-refractivity contribution in [3.05, 3.63) is 24.2 Å². The van der Waals surface area contributed by atoms with Gasteiger partial charge in [0.25, 0.3) is 5.91 Å². The normalized spacial score (nSPS) is 20.6. The Balaban J connectivity index is 0.000000426. The number of rotatable bonds is 4. The van der Waals surface area contributed by atoms with Crippen molar-refractivity contribution in [2.75, 3.05) is 66.6 Å². The second-order valence-electron chi connectivity index (χ2n) is 9.05. The van der Waals surface area contributed by atoms with Gasteiger partial charge in [-0.25, -0.2) is 9.59 Å². The molecule has 2 aliphatic heterocycles. The molecule has 1 atom stereocenters. The molecule has 38 heavy (non-hydrogen) atoms. The summed E-state index contributed by atoms with van der Waals surface area (Å²) in [6.07, 6.45) is -6.46. The Kier molecular flexibility index (Phi) is 12.5. The molecule has 3 rings (SSSR count). The molecule has 0 bridgehead atoms. The molecule has 1 aromatic heterocycles. The van der Waals surface area contributed by atoms with Crippen LogP contribution in [0.1, 0.15) is 23.4 Å². The number of aliphatic carboxylic acids is 2. The molecule has 1 amide bonds. The number of nitrogens with zero attached hydrogens (tertiary/aromatic N) is 3. The van der Waals surface area contributed by atoms with Gasteiger partial charge in [-0.2, -0.15) is 26.3 Å². The lowest BCUT2D eigenvalue weighted by Gasteiger charge is -2.43. The van der Waals surface area contributed by atoms with E-state index in [9.17, 15) is 31.1 Å². The fourth-order valence-corrected chi connectivity index (χ4v) is 3.80. The van der Waals surface area contributed by atoms with Crippen LogP contribution in [-0.2, 0) is 14.3 Å². The number of hydrogen-bond donors (Lipinski definition) is 2. The first-order valence-corrected chi connectivity index (χ1v) is 11.3. The second-order valence-corrected chi connectivity index (χ2v) is 9.05. The molecule has 16 heteroatoms. The fourth-order valence-electron chi connectivity index (χ4n) is 3.80. The number of likely N-dealkylation sites (tertiary alicyclic amines) is 1. The van der Waals surface area contributed by atoms with Gasteiger partial charge in [0, 0.05) is 44.7 Å². The molecule has 1 unspecified atom stereocenters. The molecule has 0 radical (unpaired) electrons. The summed E-state index contributed by atoms with van der Waals surface area (Å²) >= 11 is 0. The number of furan rings is 1. The van der Waals surface area contributed by atoms with E-state index in [2.05, 4.69) is 23.9 Å². The summed E-state index contributed by atoms with van der Waals surface area (Å²) < 4.78 is 74.7. The van der Waals surface area contributed by atoms with Crippen LogP contribution in [0, 0.1) is 5.41 Å². The summed E-state index contributed by atoms with van der Waals surface area (Å²) in [5.74, 6) is -5.07. The molecule has 1 spiro atoms. The highest BCUT2D eigenvalue weighted by molar-refractivity contribution is 5.91. The molecule has 2 N–H and O–H groups in total. The number of piperidine rings is 1. The van der Waals surface area contributed by atoms with Gasteiger partial charge in [0.2, 0.25) is 0 Å². The highest BCUT2D eigenvalue weighted by Crippen LogP contribution is 2.33. The number of ether oxygens (including phenoxy) is 1. The minimum absolute atomic E-state index is 0.00293. The number of likely N-dealkylation sites (N-methyl/N-ethyl adjacent to an activating group) is 1. The second kappa shape index (κ2) is 14.3. The Bertz CT molecular complexity index is 869. The summed E-state index contributed by atoms with van der Waals surface area (Å²) in [4.78, 5) is 37.1. The molecule has 10 nitrogen and oxygen atoms in total. The number of carbonyl (C=O) groups excluding carboxylic acids is 1. The number of hydrogen-bond acceptors (Lipinski definition) is 7. The average molecular weight is 563 g/mol. The van der Waals surface area contributed by atoms with Crippen LogP contribution in [0.3, 0.4) is 0 Å². The van der Waals surface area contributed by atoms with Crippen molar-refractivity contribution in [1.29, 1.82) is 0 Å². The third kappa shape index (κ3) is 11.7. The van der Waals surface area contributed by atoms with E-state index >= 15 is 0 Å². The number of carboxylic acids is 2. The van der Waals surface area contributed by atoms with E-state index in [-0.39, 0.29) is 11.3 Å². The van der Waals surface area contributed by atoms with E-state index in [0.717, 1.165) is 65.3 Å². The van der Waals surface area contributed by atoms with Crippen LogP contribution >= 0.6 is 0 Å². The third-order valence-electron chi connectivity index (χ3n) is 5.55. The fraction of sp³-hybridized carbons (Fsp3) is 0.682. The van der Waals surface area contributed by atoms with Crippen molar-refractivity contribution in [2.45, 2.75) is 25.2 Å². The zero-order chi connectivity index (χ0) is 29.1. The third-order valence-corrected chi connectivity index (χ3v) is 5.55. The Morgan fingerprint density at radius 1 is 1.03 bits per heavy atom. The Morgan fingerprint density at radius 3 is 2.08 bits per heavy atom. The Morgan fingerprint density at radius 2 is 1.61 bits per heavy atom. The monoisotopic (exact) mass is 563 g/mol. The van der Waals surface area contributed by atoms with Gasteiger partial charge in [0.05, 0.1) is 19.5 Å². The van der Waals surface area contributed by atoms with E-state index in [0.29, 0.717) is 5.76 Å². The SMILES string of the molecule is CN(C)CCN1CCOCC2(CCCN(C(=O)c3ccco3)C2)C1.O=C(O)C(F)(F)F.O=C(O)C(F)(F)F. The van der Waals surface area contributed by atoms with Gasteiger partial charge in [-0.3, -0.25) is 9.69 Å². The number of amides is 1. The first-order chi connectivity index (χ1) is 17.5. The van der Waals surface area contributed by atoms with Crippen molar-refractivity contribution >= 4 is 17.8 Å². The predicted octanol–water partition coefficient (Wildman–Crippen LogP) is 2.66. The molecule has 2 saturated heterocycles. The summed E-state index contributed by atoms with van der Waals surface area (Å²) in [7, 11) is 4.21. The summed E-state index contributed by atoms with van der Waals surface area (Å²) in [5, 5.41) is 14.2. The lowest BCUT2D eigenvalue weighted by Crippen LogP contribution is -2.52.